The van der Waals surface area contributed by atoms with E-state index in [4.69, 9.17) is 9.29 Å². The average molecular weight is 387 g/mol. The van der Waals surface area contributed by atoms with E-state index in [9.17, 15) is 9.59 Å². The van der Waals surface area contributed by atoms with Crippen LogP contribution in [0, 0.1) is 5.41 Å². The van der Waals surface area contributed by atoms with Gasteiger partial charge in [0, 0.05) is 5.56 Å². The number of aliphatic carboxylic acids is 1. The van der Waals surface area contributed by atoms with Gasteiger partial charge in [-0.25, -0.2) is 4.98 Å². The Balaban J connectivity index is 1.80. The highest BCUT2D eigenvalue weighted by Gasteiger charge is 2.33. The zero-order valence-electron chi connectivity index (χ0n) is 14.3. The normalized spacial score (nSPS) is 11.5. The fraction of sp³-hybridized carbons (Fsp3) is 0.211. The van der Waals surface area contributed by atoms with Crippen molar-refractivity contribution in [3.63, 3.8) is 0 Å². The largest absolute Gasteiger partial charge is 0.481 e. The summed E-state index contributed by atoms with van der Waals surface area (Å²) in [5.74, 6) is -1.61. The molecular weight excluding hydrogens is 370 g/mol. The van der Waals surface area contributed by atoms with Gasteiger partial charge in [-0.2, -0.15) is 0 Å². The third-order valence-corrected chi connectivity index (χ3v) is 5.56. The zero-order chi connectivity index (χ0) is 18.7. The monoisotopic (exact) mass is 387 g/mol. The molecule has 0 unspecified atom stereocenters. The van der Waals surface area contributed by atoms with E-state index in [1.807, 2.05) is 48.5 Å². The van der Waals surface area contributed by atoms with Crippen molar-refractivity contribution in [2.24, 2.45) is 5.41 Å². The quantitative estimate of drug-likeness (QED) is 0.599. The Kier molecular flexibility index (Phi) is 5.29. The summed E-state index contributed by atoms with van der Waals surface area (Å²) in [5.41, 5.74) is 1.85. The summed E-state index contributed by atoms with van der Waals surface area (Å²) in [5, 5.41) is 8.89. The van der Waals surface area contributed by atoms with E-state index in [1.165, 1.54) is 11.3 Å². The lowest BCUT2D eigenvalue weighted by atomic mass is 9.90. The molecule has 0 amide bonds. The summed E-state index contributed by atoms with van der Waals surface area (Å²) < 4.78 is 6.83. The predicted octanol–water partition coefficient (Wildman–Crippen LogP) is 5.01. The number of thiazole rings is 1. The van der Waals surface area contributed by atoms with Gasteiger partial charge in [0.05, 0.1) is 22.1 Å². The summed E-state index contributed by atoms with van der Waals surface area (Å²) in [7, 11) is 0. The number of rotatable bonds is 6. The predicted molar refractivity (Wildman–Crippen MR) is 103 cm³/mol. The summed E-state index contributed by atoms with van der Waals surface area (Å²) in [6.07, 6.45) is -0.287. The molecule has 3 rings (SSSR count). The molecule has 0 spiro atoms. The van der Waals surface area contributed by atoms with Gasteiger partial charge in [-0.3, -0.25) is 9.59 Å². The number of fused-ring (bicyclic) bond motifs is 1. The third-order valence-electron chi connectivity index (χ3n) is 3.82. The first-order valence-electron chi connectivity index (χ1n) is 7.92. The van der Waals surface area contributed by atoms with E-state index in [2.05, 4.69) is 4.98 Å². The van der Waals surface area contributed by atoms with Crippen molar-refractivity contribution < 1.29 is 18.9 Å². The maximum Gasteiger partial charge on any atom is 0.324 e. The Morgan fingerprint density at radius 1 is 1.15 bits per heavy atom. The molecule has 0 fully saturated rings. The Bertz CT molecular complexity index is 951. The molecule has 0 bridgehead atoms. The van der Waals surface area contributed by atoms with Crippen molar-refractivity contribution in [3.05, 3.63) is 48.5 Å². The molecule has 2 aromatic carbocycles. The van der Waals surface area contributed by atoms with E-state index in [1.54, 1.807) is 13.8 Å². The van der Waals surface area contributed by atoms with Crippen molar-refractivity contribution >= 4 is 45.5 Å². The molecule has 1 N–H and O–H groups in total. The molecule has 5 nitrogen and oxygen atoms in total. The molecular formula is C19H17NO4S2. The fourth-order valence-electron chi connectivity index (χ4n) is 2.45. The van der Waals surface area contributed by atoms with Gasteiger partial charge in [0.15, 0.2) is 4.34 Å². The van der Waals surface area contributed by atoms with Crippen LogP contribution in [0.3, 0.4) is 0 Å². The third kappa shape index (κ3) is 4.05. The first kappa shape index (κ1) is 18.4. The number of carboxylic acids is 1. The fourth-order valence-corrected chi connectivity index (χ4v) is 4.18. The molecule has 0 aliphatic heterocycles. The van der Waals surface area contributed by atoms with Crippen LogP contribution in [0.25, 0.3) is 21.3 Å². The van der Waals surface area contributed by atoms with Gasteiger partial charge in [0.25, 0.3) is 0 Å². The number of nitrogens with zero attached hydrogens (tertiary/aromatic N) is 1. The van der Waals surface area contributed by atoms with E-state index in [0.717, 1.165) is 33.4 Å². The van der Waals surface area contributed by atoms with Crippen LogP contribution in [-0.4, -0.2) is 22.0 Å². The smallest absolute Gasteiger partial charge is 0.324 e. The molecule has 0 atom stereocenters. The van der Waals surface area contributed by atoms with Gasteiger partial charge in [0.2, 0.25) is 0 Å². The Morgan fingerprint density at radius 2 is 1.88 bits per heavy atom. The van der Waals surface area contributed by atoms with Crippen molar-refractivity contribution in [3.8, 4) is 11.1 Å². The van der Waals surface area contributed by atoms with Crippen LogP contribution in [0.1, 0.15) is 20.3 Å². The molecule has 7 heteroatoms. The Hall–Kier alpha value is -2.38. The summed E-state index contributed by atoms with van der Waals surface area (Å²) in [6.45, 7) is 3.10. The van der Waals surface area contributed by atoms with Crippen LogP contribution in [0.2, 0.25) is 0 Å². The van der Waals surface area contributed by atoms with E-state index < -0.39 is 17.4 Å². The number of hydrogen-bond donors (Lipinski definition) is 1. The highest BCUT2D eigenvalue weighted by atomic mass is 32.2. The maximum absolute atomic E-state index is 12.1. The Labute approximate surface area is 159 Å². The summed E-state index contributed by atoms with van der Waals surface area (Å²) >= 11 is 2.31. The average Bonchev–Trinajstić information content (AvgIpc) is 3.02. The first-order chi connectivity index (χ1) is 12.4. The Morgan fingerprint density at radius 3 is 2.58 bits per heavy atom. The van der Waals surface area contributed by atoms with Gasteiger partial charge in [-0.15, -0.1) is 11.3 Å². The molecule has 26 heavy (non-hydrogen) atoms. The number of benzene rings is 2. The molecule has 3 aromatic rings. The molecule has 0 aliphatic carbocycles. The van der Waals surface area contributed by atoms with E-state index in [-0.39, 0.29) is 6.42 Å². The van der Waals surface area contributed by atoms with Gasteiger partial charge in [0.1, 0.15) is 12.0 Å². The molecule has 0 saturated heterocycles. The van der Waals surface area contributed by atoms with Gasteiger partial charge < -0.3 is 9.29 Å². The molecule has 134 valence electrons. The molecule has 0 aliphatic rings. The number of hydrogen-bond acceptors (Lipinski definition) is 6. The minimum absolute atomic E-state index is 0.287. The van der Waals surface area contributed by atoms with Crippen LogP contribution in [0.4, 0.5) is 0 Å². The second kappa shape index (κ2) is 7.47. The van der Waals surface area contributed by atoms with Crippen LogP contribution in [0.5, 0.6) is 0 Å². The maximum atomic E-state index is 12.1. The van der Waals surface area contributed by atoms with Crippen LogP contribution >= 0.6 is 23.4 Å². The van der Waals surface area contributed by atoms with Crippen LogP contribution in [0.15, 0.2) is 52.9 Å². The standard InChI is InChI=1S/C19H17NO4S2/c1-19(2,11-15(21)22)17(23)24-26-18-20-16-13(9-6-10-14(16)25-18)12-7-4-3-5-8-12/h3-10H,11H2,1-2H3,(H,21,22). The molecule has 1 aromatic heterocycles. The SMILES string of the molecule is CC(C)(CC(=O)O)C(=O)OSc1nc2c(-c3ccccc3)cccc2s1. The molecule has 0 radical (unpaired) electrons. The topological polar surface area (TPSA) is 76.5 Å². The van der Waals surface area contributed by atoms with Crippen molar-refractivity contribution in [2.45, 2.75) is 24.6 Å². The van der Waals surface area contributed by atoms with Crippen LogP contribution < -0.4 is 0 Å². The zero-order valence-corrected chi connectivity index (χ0v) is 15.9. The van der Waals surface area contributed by atoms with E-state index >= 15 is 0 Å². The van der Waals surface area contributed by atoms with Crippen molar-refractivity contribution in [1.29, 1.82) is 0 Å². The second-order valence-corrected chi connectivity index (χ2v) is 8.42. The summed E-state index contributed by atoms with van der Waals surface area (Å²) in [4.78, 5) is 27.6. The number of para-hydroxylation sites is 1. The molecule has 0 saturated carbocycles. The lowest BCUT2D eigenvalue weighted by Crippen LogP contribution is -2.27. The highest BCUT2D eigenvalue weighted by Crippen LogP contribution is 2.36. The lowest BCUT2D eigenvalue weighted by molar-refractivity contribution is -0.150. The van der Waals surface area contributed by atoms with Gasteiger partial charge >= 0.3 is 11.9 Å². The highest BCUT2D eigenvalue weighted by molar-refractivity contribution is 7.97. The number of aromatic nitrogens is 1. The minimum Gasteiger partial charge on any atom is -0.481 e. The van der Waals surface area contributed by atoms with Gasteiger partial charge in [-0.1, -0.05) is 42.5 Å². The minimum atomic E-state index is -1.09. The first-order valence-corrected chi connectivity index (χ1v) is 9.48. The lowest BCUT2D eigenvalue weighted by Gasteiger charge is -2.18. The number of carboxylic acid groups (broad SMARTS) is 1. The van der Waals surface area contributed by atoms with Crippen molar-refractivity contribution in [1.82, 2.24) is 4.98 Å². The second-order valence-electron chi connectivity index (χ2n) is 6.41. The summed E-state index contributed by atoms with van der Waals surface area (Å²) in [6, 6.07) is 15.9. The van der Waals surface area contributed by atoms with Crippen LogP contribution in [-0.2, 0) is 13.8 Å². The van der Waals surface area contributed by atoms with E-state index in [0.29, 0.717) is 4.34 Å². The number of carbonyl (C=O) groups excluding carboxylic acids is 1. The molecule has 1 heterocycles. The van der Waals surface area contributed by atoms with Gasteiger partial charge in [-0.05, 0) is 25.5 Å². The number of carbonyl (C=O) groups is 2. The van der Waals surface area contributed by atoms with Crippen molar-refractivity contribution in [2.75, 3.05) is 0 Å².